The van der Waals surface area contributed by atoms with E-state index in [4.69, 9.17) is 4.74 Å². The van der Waals surface area contributed by atoms with Crippen molar-refractivity contribution in [3.63, 3.8) is 0 Å². The number of hydrogen-bond donors (Lipinski definition) is 1. The van der Waals surface area contributed by atoms with E-state index >= 15 is 0 Å². The Balaban J connectivity index is 2.87. The van der Waals surface area contributed by atoms with Crippen molar-refractivity contribution in [2.75, 3.05) is 31.4 Å². The number of methoxy groups -OCH3 is 1. The number of carbonyl (C=O) groups is 1. The molecule has 4 heteroatoms. The molecular weight excluding hydrogens is 228 g/mol. The third-order valence-electron chi connectivity index (χ3n) is 2.95. The lowest BCUT2D eigenvalue weighted by atomic mass is 10.1. The zero-order valence-corrected chi connectivity index (χ0v) is 11.8. The van der Waals surface area contributed by atoms with Crippen LogP contribution in [0.4, 0.5) is 11.4 Å². The van der Waals surface area contributed by atoms with Crippen LogP contribution in [-0.2, 0) is 9.53 Å². The maximum atomic E-state index is 11.5. The van der Waals surface area contributed by atoms with Gasteiger partial charge in [0.15, 0.2) is 0 Å². The summed E-state index contributed by atoms with van der Waals surface area (Å²) in [5.41, 5.74) is 3.23. The lowest BCUT2D eigenvalue weighted by molar-refractivity contribution is -0.141. The van der Waals surface area contributed by atoms with E-state index < -0.39 is 0 Å². The monoisotopic (exact) mass is 250 g/mol. The summed E-state index contributed by atoms with van der Waals surface area (Å²) in [5.74, 6) is -0.228. The summed E-state index contributed by atoms with van der Waals surface area (Å²) >= 11 is 0. The molecule has 0 saturated heterocycles. The van der Waals surface area contributed by atoms with E-state index in [1.807, 2.05) is 45.0 Å². The van der Waals surface area contributed by atoms with Gasteiger partial charge in [-0.15, -0.1) is 0 Å². The maximum Gasteiger partial charge on any atom is 0.328 e. The first kappa shape index (κ1) is 14.4. The first-order valence-electron chi connectivity index (χ1n) is 6.12. The minimum atomic E-state index is -0.293. The third-order valence-corrected chi connectivity index (χ3v) is 2.95. The van der Waals surface area contributed by atoms with Gasteiger partial charge in [0, 0.05) is 25.5 Å². The van der Waals surface area contributed by atoms with Crippen molar-refractivity contribution in [1.82, 2.24) is 0 Å². The molecule has 0 bridgehead atoms. The van der Waals surface area contributed by atoms with Crippen molar-refractivity contribution in [3.8, 4) is 0 Å². The number of carbonyl (C=O) groups excluding carboxylic acids is 1. The number of benzene rings is 1. The van der Waals surface area contributed by atoms with Gasteiger partial charge in [0.1, 0.15) is 6.04 Å². The summed E-state index contributed by atoms with van der Waals surface area (Å²) in [5, 5.41) is 3.22. The predicted molar refractivity (Wildman–Crippen MR) is 75.2 cm³/mol. The fourth-order valence-electron chi connectivity index (χ4n) is 1.75. The van der Waals surface area contributed by atoms with Crippen molar-refractivity contribution in [1.29, 1.82) is 0 Å². The largest absolute Gasteiger partial charge is 0.467 e. The molecule has 1 unspecified atom stereocenters. The van der Waals surface area contributed by atoms with Crippen molar-refractivity contribution < 1.29 is 9.53 Å². The van der Waals surface area contributed by atoms with Gasteiger partial charge < -0.3 is 15.0 Å². The molecule has 0 aliphatic heterocycles. The Morgan fingerprint density at radius 3 is 2.56 bits per heavy atom. The molecule has 0 aliphatic carbocycles. The molecule has 4 nitrogen and oxygen atoms in total. The summed E-state index contributed by atoms with van der Waals surface area (Å²) < 4.78 is 4.77. The van der Waals surface area contributed by atoms with Gasteiger partial charge in [0.25, 0.3) is 0 Å². The lowest BCUT2D eigenvalue weighted by Gasteiger charge is -2.19. The molecule has 1 rings (SSSR count). The average molecular weight is 250 g/mol. The van der Waals surface area contributed by atoms with Gasteiger partial charge in [0.2, 0.25) is 0 Å². The number of hydrogen-bond acceptors (Lipinski definition) is 4. The molecule has 0 spiro atoms. The minimum Gasteiger partial charge on any atom is -0.467 e. The smallest absolute Gasteiger partial charge is 0.328 e. The number of aryl methyl sites for hydroxylation is 1. The standard InChI is InChI=1S/C14H22N2O2/c1-6-12(14(17)18-5)15-13-8-7-11(16(3)4)9-10(13)2/h7-9,12,15H,6H2,1-5H3. The van der Waals surface area contributed by atoms with E-state index in [0.717, 1.165) is 16.9 Å². The van der Waals surface area contributed by atoms with Crippen molar-refractivity contribution in [3.05, 3.63) is 23.8 Å². The molecular formula is C14H22N2O2. The highest BCUT2D eigenvalue weighted by Crippen LogP contribution is 2.22. The molecule has 18 heavy (non-hydrogen) atoms. The van der Waals surface area contributed by atoms with Crippen LogP contribution in [0.5, 0.6) is 0 Å². The van der Waals surface area contributed by atoms with Crippen molar-refractivity contribution >= 4 is 17.3 Å². The Morgan fingerprint density at radius 2 is 2.11 bits per heavy atom. The van der Waals surface area contributed by atoms with E-state index in [-0.39, 0.29) is 12.0 Å². The second-order valence-corrected chi connectivity index (χ2v) is 4.52. The summed E-state index contributed by atoms with van der Waals surface area (Å²) in [7, 11) is 5.42. The van der Waals surface area contributed by atoms with Gasteiger partial charge >= 0.3 is 5.97 Å². The van der Waals surface area contributed by atoms with Gasteiger partial charge in [-0.3, -0.25) is 0 Å². The Morgan fingerprint density at radius 1 is 1.44 bits per heavy atom. The zero-order chi connectivity index (χ0) is 13.7. The van der Waals surface area contributed by atoms with Crippen LogP contribution in [0, 0.1) is 6.92 Å². The maximum absolute atomic E-state index is 11.5. The number of anilines is 2. The normalized spacial score (nSPS) is 11.8. The number of nitrogens with one attached hydrogen (secondary N) is 1. The van der Waals surface area contributed by atoms with Gasteiger partial charge in [-0.2, -0.15) is 0 Å². The fourth-order valence-corrected chi connectivity index (χ4v) is 1.75. The van der Waals surface area contributed by atoms with E-state index in [1.54, 1.807) is 0 Å². The molecule has 1 aromatic rings. The quantitative estimate of drug-likeness (QED) is 0.815. The SMILES string of the molecule is CCC(Nc1ccc(N(C)C)cc1C)C(=O)OC. The molecule has 0 amide bonds. The first-order chi connectivity index (χ1) is 8.49. The third kappa shape index (κ3) is 3.39. The topological polar surface area (TPSA) is 41.6 Å². The second kappa shape index (κ2) is 6.28. The number of nitrogens with zero attached hydrogens (tertiary/aromatic N) is 1. The molecule has 0 saturated carbocycles. The molecule has 0 aromatic heterocycles. The summed E-state index contributed by atoms with van der Waals surface area (Å²) in [6, 6.07) is 5.82. The lowest BCUT2D eigenvalue weighted by Crippen LogP contribution is -2.30. The zero-order valence-electron chi connectivity index (χ0n) is 11.8. The van der Waals surface area contributed by atoms with Crippen LogP contribution < -0.4 is 10.2 Å². The Hall–Kier alpha value is -1.71. The molecule has 1 atom stereocenters. The van der Waals surface area contributed by atoms with E-state index in [2.05, 4.69) is 11.4 Å². The van der Waals surface area contributed by atoms with Crippen LogP contribution >= 0.6 is 0 Å². The second-order valence-electron chi connectivity index (χ2n) is 4.52. The van der Waals surface area contributed by atoms with Crippen LogP contribution in [-0.4, -0.2) is 33.2 Å². The van der Waals surface area contributed by atoms with Crippen molar-refractivity contribution in [2.45, 2.75) is 26.3 Å². The highest BCUT2D eigenvalue weighted by atomic mass is 16.5. The number of rotatable bonds is 5. The van der Waals surface area contributed by atoms with Gasteiger partial charge in [-0.1, -0.05) is 6.92 Å². The number of ether oxygens (including phenoxy) is 1. The molecule has 0 radical (unpaired) electrons. The Bertz CT molecular complexity index is 416. The van der Waals surface area contributed by atoms with Crippen LogP contribution in [0.2, 0.25) is 0 Å². The van der Waals surface area contributed by atoms with Gasteiger partial charge in [-0.05, 0) is 37.1 Å². The molecule has 1 aromatic carbocycles. The summed E-state index contributed by atoms with van der Waals surface area (Å²) in [6.45, 7) is 3.98. The highest BCUT2D eigenvalue weighted by Gasteiger charge is 2.17. The minimum absolute atomic E-state index is 0.228. The number of esters is 1. The van der Waals surface area contributed by atoms with Crippen molar-refractivity contribution in [2.24, 2.45) is 0 Å². The fraction of sp³-hybridized carbons (Fsp3) is 0.500. The van der Waals surface area contributed by atoms with E-state index in [0.29, 0.717) is 6.42 Å². The van der Waals surface area contributed by atoms with Crippen LogP contribution in [0.1, 0.15) is 18.9 Å². The van der Waals surface area contributed by atoms with E-state index in [1.165, 1.54) is 7.11 Å². The Labute approximate surface area is 109 Å². The van der Waals surface area contributed by atoms with Gasteiger partial charge in [0.05, 0.1) is 7.11 Å². The summed E-state index contributed by atoms with van der Waals surface area (Å²) in [6.07, 6.45) is 0.696. The first-order valence-corrected chi connectivity index (χ1v) is 6.12. The molecule has 1 N–H and O–H groups in total. The highest BCUT2D eigenvalue weighted by molar-refractivity contribution is 5.79. The Kier molecular flexibility index (Phi) is 5.01. The van der Waals surface area contributed by atoms with Crippen LogP contribution in [0.3, 0.4) is 0 Å². The molecule has 0 heterocycles. The summed E-state index contributed by atoms with van der Waals surface area (Å²) in [4.78, 5) is 13.6. The van der Waals surface area contributed by atoms with Crippen LogP contribution in [0.25, 0.3) is 0 Å². The molecule has 0 fully saturated rings. The predicted octanol–water partition coefficient (Wildman–Crippen LogP) is 2.42. The van der Waals surface area contributed by atoms with Crippen LogP contribution in [0.15, 0.2) is 18.2 Å². The van der Waals surface area contributed by atoms with Gasteiger partial charge in [-0.25, -0.2) is 4.79 Å². The van der Waals surface area contributed by atoms with E-state index in [9.17, 15) is 4.79 Å². The molecule has 100 valence electrons. The molecule has 0 aliphatic rings. The average Bonchev–Trinajstić information content (AvgIpc) is 2.36.